The second-order valence-corrected chi connectivity index (χ2v) is 6.58. The molecule has 0 saturated carbocycles. The Hall–Kier alpha value is -0.950. The largest absolute Gasteiger partial charge is 0.480 e. The van der Waals surface area contributed by atoms with Gasteiger partial charge in [-0.25, -0.2) is 4.79 Å². The molecule has 0 aromatic carbocycles. The first-order valence-electron chi connectivity index (χ1n) is 7.03. The van der Waals surface area contributed by atoms with E-state index in [-0.39, 0.29) is 18.5 Å². The maximum atomic E-state index is 12.0. The van der Waals surface area contributed by atoms with Crippen LogP contribution in [0.1, 0.15) is 13.8 Å². The van der Waals surface area contributed by atoms with Crippen LogP contribution in [0.5, 0.6) is 0 Å². The molecular weight excluding hydrogens is 278 g/mol. The summed E-state index contributed by atoms with van der Waals surface area (Å²) >= 11 is 1.95. The number of nitrogens with zero attached hydrogens (tertiary/aromatic N) is 2. The summed E-state index contributed by atoms with van der Waals surface area (Å²) in [4.78, 5) is 26.4. The average Bonchev–Trinajstić information content (AvgIpc) is 2.38. The van der Waals surface area contributed by atoms with Crippen molar-refractivity contribution in [1.82, 2.24) is 15.1 Å². The SMILES string of the molecule is CC(C)CN(CC(=O)O)C(=O)NCCN1CCSCC1. The average molecular weight is 303 g/mol. The first-order chi connectivity index (χ1) is 9.49. The molecule has 1 fully saturated rings. The summed E-state index contributed by atoms with van der Waals surface area (Å²) in [6.07, 6.45) is 0. The summed E-state index contributed by atoms with van der Waals surface area (Å²) in [6, 6.07) is -0.285. The third kappa shape index (κ3) is 7.00. The lowest BCUT2D eigenvalue weighted by atomic mass is 10.2. The molecule has 1 aliphatic heterocycles. The van der Waals surface area contributed by atoms with Crippen molar-refractivity contribution in [2.45, 2.75) is 13.8 Å². The molecule has 7 heteroatoms. The van der Waals surface area contributed by atoms with E-state index in [0.717, 1.165) is 31.1 Å². The summed E-state index contributed by atoms with van der Waals surface area (Å²) in [5.41, 5.74) is 0. The minimum absolute atomic E-state index is 0.246. The first kappa shape index (κ1) is 17.1. The summed E-state index contributed by atoms with van der Waals surface area (Å²) in [5, 5.41) is 11.7. The highest BCUT2D eigenvalue weighted by Crippen LogP contribution is 2.08. The second-order valence-electron chi connectivity index (χ2n) is 5.35. The van der Waals surface area contributed by atoms with Crippen LogP contribution < -0.4 is 5.32 Å². The lowest BCUT2D eigenvalue weighted by Gasteiger charge is -2.27. The van der Waals surface area contributed by atoms with Crippen molar-refractivity contribution in [1.29, 1.82) is 0 Å². The topological polar surface area (TPSA) is 72.9 Å². The number of hydrogen-bond donors (Lipinski definition) is 2. The van der Waals surface area contributed by atoms with Crippen LogP contribution >= 0.6 is 11.8 Å². The van der Waals surface area contributed by atoms with Crippen molar-refractivity contribution in [3.8, 4) is 0 Å². The second kappa shape index (κ2) is 9.07. The normalized spacial score (nSPS) is 16.1. The lowest BCUT2D eigenvalue weighted by molar-refractivity contribution is -0.137. The predicted octanol–water partition coefficient (Wildman–Crippen LogP) is 0.787. The van der Waals surface area contributed by atoms with Crippen LogP contribution in [0, 0.1) is 5.92 Å². The monoisotopic (exact) mass is 303 g/mol. The molecule has 0 atom stereocenters. The Bertz CT molecular complexity index is 320. The van der Waals surface area contributed by atoms with Gasteiger partial charge in [0.05, 0.1) is 0 Å². The third-order valence-corrected chi connectivity index (χ3v) is 3.95. The number of rotatable bonds is 7. The van der Waals surface area contributed by atoms with E-state index in [1.807, 2.05) is 25.6 Å². The van der Waals surface area contributed by atoms with Gasteiger partial charge in [0.25, 0.3) is 0 Å². The molecule has 2 N–H and O–H groups in total. The summed E-state index contributed by atoms with van der Waals surface area (Å²) in [5.74, 6) is 1.56. The van der Waals surface area contributed by atoms with Gasteiger partial charge in [-0.15, -0.1) is 0 Å². The van der Waals surface area contributed by atoms with Crippen LogP contribution in [0.4, 0.5) is 4.79 Å². The van der Waals surface area contributed by atoms with Gasteiger partial charge in [-0.1, -0.05) is 13.8 Å². The molecule has 0 unspecified atom stereocenters. The van der Waals surface area contributed by atoms with Gasteiger partial charge in [-0.3, -0.25) is 9.69 Å². The molecule has 0 aromatic heterocycles. The first-order valence-corrected chi connectivity index (χ1v) is 8.19. The van der Waals surface area contributed by atoms with Crippen LogP contribution in [0.15, 0.2) is 0 Å². The zero-order valence-electron chi connectivity index (χ0n) is 12.3. The van der Waals surface area contributed by atoms with E-state index < -0.39 is 5.97 Å². The Morgan fingerprint density at radius 3 is 2.55 bits per heavy atom. The Labute approximate surface area is 124 Å². The molecular formula is C13H25N3O3S. The molecule has 0 aromatic rings. The molecule has 6 nitrogen and oxygen atoms in total. The van der Waals surface area contributed by atoms with Crippen molar-refractivity contribution in [3.05, 3.63) is 0 Å². The zero-order valence-corrected chi connectivity index (χ0v) is 13.1. The molecule has 1 saturated heterocycles. The van der Waals surface area contributed by atoms with Gasteiger partial charge in [-0.2, -0.15) is 11.8 Å². The summed E-state index contributed by atoms with van der Waals surface area (Å²) < 4.78 is 0. The summed E-state index contributed by atoms with van der Waals surface area (Å²) in [6.45, 7) is 7.66. The lowest BCUT2D eigenvalue weighted by Crippen LogP contribution is -2.47. The van der Waals surface area contributed by atoms with Crippen molar-refractivity contribution in [3.63, 3.8) is 0 Å². The number of nitrogens with one attached hydrogen (secondary N) is 1. The van der Waals surface area contributed by atoms with Crippen molar-refractivity contribution >= 4 is 23.8 Å². The van der Waals surface area contributed by atoms with Gasteiger partial charge in [0, 0.05) is 44.2 Å². The minimum atomic E-state index is -0.978. The number of carbonyl (C=O) groups is 2. The molecule has 116 valence electrons. The van der Waals surface area contributed by atoms with Crippen molar-refractivity contribution in [2.24, 2.45) is 5.92 Å². The Morgan fingerprint density at radius 2 is 2.00 bits per heavy atom. The molecule has 20 heavy (non-hydrogen) atoms. The van der Waals surface area contributed by atoms with E-state index in [1.165, 1.54) is 4.90 Å². The van der Waals surface area contributed by atoms with Crippen LogP contribution in [0.3, 0.4) is 0 Å². The zero-order chi connectivity index (χ0) is 15.0. The third-order valence-electron chi connectivity index (χ3n) is 3.01. The van der Waals surface area contributed by atoms with Gasteiger partial charge >= 0.3 is 12.0 Å². The Balaban J connectivity index is 2.30. The van der Waals surface area contributed by atoms with Gasteiger partial charge in [0.15, 0.2) is 0 Å². The fraction of sp³-hybridized carbons (Fsp3) is 0.846. The van der Waals surface area contributed by atoms with E-state index in [9.17, 15) is 9.59 Å². The van der Waals surface area contributed by atoms with E-state index >= 15 is 0 Å². The number of carbonyl (C=O) groups excluding carboxylic acids is 1. The predicted molar refractivity (Wildman–Crippen MR) is 81.2 cm³/mol. The number of aliphatic carboxylic acids is 1. The van der Waals surface area contributed by atoms with E-state index in [1.54, 1.807) is 0 Å². The molecule has 1 heterocycles. The van der Waals surface area contributed by atoms with Crippen LogP contribution in [0.25, 0.3) is 0 Å². The Kier molecular flexibility index (Phi) is 7.76. The molecule has 0 spiro atoms. The highest BCUT2D eigenvalue weighted by atomic mass is 32.2. The molecule has 0 radical (unpaired) electrons. The highest BCUT2D eigenvalue weighted by molar-refractivity contribution is 7.99. The van der Waals surface area contributed by atoms with E-state index in [4.69, 9.17) is 5.11 Å². The smallest absolute Gasteiger partial charge is 0.323 e. The van der Waals surface area contributed by atoms with Crippen molar-refractivity contribution < 1.29 is 14.7 Å². The maximum Gasteiger partial charge on any atom is 0.323 e. The van der Waals surface area contributed by atoms with Crippen LogP contribution in [-0.2, 0) is 4.79 Å². The molecule has 0 aliphatic carbocycles. The number of hydrogen-bond acceptors (Lipinski definition) is 4. The van der Waals surface area contributed by atoms with Gasteiger partial charge in [0.2, 0.25) is 0 Å². The number of thioether (sulfide) groups is 1. The van der Waals surface area contributed by atoms with Crippen molar-refractivity contribution in [2.75, 3.05) is 50.8 Å². The number of urea groups is 1. The standard InChI is InChI=1S/C13H25N3O3S/c1-11(2)9-16(10-12(17)18)13(19)14-3-4-15-5-7-20-8-6-15/h11H,3-10H2,1-2H3,(H,14,19)(H,17,18). The maximum absolute atomic E-state index is 12.0. The van der Waals surface area contributed by atoms with Crippen LogP contribution in [-0.4, -0.2) is 77.7 Å². The van der Waals surface area contributed by atoms with E-state index in [2.05, 4.69) is 10.2 Å². The molecule has 1 aliphatic rings. The minimum Gasteiger partial charge on any atom is -0.480 e. The van der Waals surface area contributed by atoms with Gasteiger partial charge in [-0.05, 0) is 5.92 Å². The molecule has 0 bridgehead atoms. The highest BCUT2D eigenvalue weighted by Gasteiger charge is 2.18. The van der Waals surface area contributed by atoms with Gasteiger partial charge in [0.1, 0.15) is 6.54 Å². The fourth-order valence-corrected chi connectivity index (χ4v) is 3.06. The molecule has 2 amide bonds. The fourth-order valence-electron chi connectivity index (χ4n) is 2.08. The number of amides is 2. The molecule has 1 rings (SSSR count). The van der Waals surface area contributed by atoms with Gasteiger partial charge < -0.3 is 15.3 Å². The Morgan fingerprint density at radius 1 is 1.35 bits per heavy atom. The number of carboxylic acid groups (broad SMARTS) is 1. The quantitative estimate of drug-likeness (QED) is 0.727. The number of carboxylic acids is 1. The van der Waals surface area contributed by atoms with Crippen LogP contribution in [0.2, 0.25) is 0 Å². The summed E-state index contributed by atoms with van der Waals surface area (Å²) in [7, 11) is 0. The van der Waals surface area contributed by atoms with E-state index in [0.29, 0.717) is 13.1 Å².